The number of carbonyl (C=O) groups is 4. The maximum absolute atomic E-state index is 14.2. The van der Waals surface area contributed by atoms with Gasteiger partial charge >= 0.3 is 0 Å². The van der Waals surface area contributed by atoms with Crippen molar-refractivity contribution in [2.24, 2.45) is 0 Å². The van der Waals surface area contributed by atoms with Gasteiger partial charge in [0.25, 0.3) is 11.8 Å². The summed E-state index contributed by atoms with van der Waals surface area (Å²) >= 11 is 0. The molecule has 0 heterocycles. The summed E-state index contributed by atoms with van der Waals surface area (Å²) in [6.45, 7) is 0. The maximum atomic E-state index is 14.2. The smallest absolute Gasteiger partial charge is 0.258 e. The van der Waals surface area contributed by atoms with E-state index in [0.717, 1.165) is 12.1 Å². The van der Waals surface area contributed by atoms with Gasteiger partial charge in [-0.05, 0) is 36.4 Å². The number of fused-ring (bicyclic) bond motifs is 2. The number of nitrogens with one attached hydrogen (secondary N) is 2. The van der Waals surface area contributed by atoms with E-state index in [9.17, 15) is 45.5 Å². The quantitative estimate of drug-likeness (QED) is 0.217. The second kappa shape index (κ2) is 9.80. The standard InChI is InChI=1S/C28H12F6N2O4/c29-15-7-5-13(21(31)23(15)33)27(39)35-17-9-10-18(36-28(40)14-6-8-16(30)24(34)22(14)32)20-19(17)25(37)11-3-1-2-4-12(11)26(20)38/h1-10H,(H,35,39)(H,36,40). The first-order chi connectivity index (χ1) is 19.0. The number of halogens is 6. The molecule has 4 aromatic rings. The summed E-state index contributed by atoms with van der Waals surface area (Å²) < 4.78 is 82.5. The monoisotopic (exact) mass is 554 g/mol. The van der Waals surface area contributed by atoms with E-state index in [1.165, 1.54) is 24.3 Å². The van der Waals surface area contributed by atoms with Crippen molar-refractivity contribution in [2.45, 2.75) is 0 Å². The molecule has 1 aliphatic rings. The topological polar surface area (TPSA) is 92.3 Å². The number of anilines is 2. The minimum Gasteiger partial charge on any atom is -0.321 e. The van der Waals surface area contributed by atoms with Crippen LogP contribution in [0.1, 0.15) is 52.6 Å². The van der Waals surface area contributed by atoms with E-state index in [1.54, 1.807) is 0 Å². The molecule has 200 valence electrons. The largest absolute Gasteiger partial charge is 0.321 e. The number of amides is 2. The molecule has 2 amide bonds. The molecular formula is C28H12F6N2O4. The molecule has 0 aliphatic heterocycles. The lowest BCUT2D eigenvalue weighted by Crippen LogP contribution is -2.27. The number of benzene rings is 4. The summed E-state index contributed by atoms with van der Waals surface area (Å²) in [6, 6.07) is 10.0. The third-order valence-electron chi connectivity index (χ3n) is 6.13. The first-order valence-electron chi connectivity index (χ1n) is 11.3. The molecule has 0 fully saturated rings. The lowest BCUT2D eigenvalue weighted by Gasteiger charge is -2.23. The molecule has 6 nitrogen and oxygen atoms in total. The van der Waals surface area contributed by atoms with Crippen molar-refractivity contribution in [3.8, 4) is 0 Å². The van der Waals surface area contributed by atoms with Gasteiger partial charge in [-0.15, -0.1) is 0 Å². The van der Waals surface area contributed by atoms with Gasteiger partial charge in [0.05, 0.1) is 33.6 Å². The van der Waals surface area contributed by atoms with Crippen LogP contribution in [0.25, 0.3) is 0 Å². The normalized spacial score (nSPS) is 12.1. The van der Waals surface area contributed by atoms with Crippen LogP contribution in [0.2, 0.25) is 0 Å². The Bertz CT molecular complexity index is 1680. The van der Waals surface area contributed by atoms with Crippen LogP contribution in [-0.4, -0.2) is 23.4 Å². The van der Waals surface area contributed by atoms with E-state index < -0.39 is 80.5 Å². The lowest BCUT2D eigenvalue weighted by molar-refractivity contribution is 0.0977. The number of ketones is 2. The van der Waals surface area contributed by atoms with Crippen molar-refractivity contribution in [2.75, 3.05) is 10.6 Å². The predicted molar refractivity (Wildman–Crippen MR) is 128 cm³/mol. The number of hydrogen-bond donors (Lipinski definition) is 2. The fourth-order valence-corrected chi connectivity index (χ4v) is 4.21. The van der Waals surface area contributed by atoms with Gasteiger partial charge in [-0.25, -0.2) is 26.3 Å². The minimum absolute atomic E-state index is 0.0790. The van der Waals surface area contributed by atoms with Crippen molar-refractivity contribution in [3.05, 3.63) is 129 Å². The zero-order valence-corrected chi connectivity index (χ0v) is 19.7. The van der Waals surface area contributed by atoms with Gasteiger partial charge in [-0.1, -0.05) is 24.3 Å². The first-order valence-corrected chi connectivity index (χ1v) is 11.3. The Hall–Kier alpha value is -5.26. The summed E-state index contributed by atoms with van der Waals surface area (Å²) in [5.41, 5.74) is -3.59. The molecule has 0 spiro atoms. The Morgan fingerprint density at radius 3 is 1.25 bits per heavy atom. The van der Waals surface area contributed by atoms with E-state index in [4.69, 9.17) is 0 Å². The molecule has 0 bridgehead atoms. The van der Waals surface area contributed by atoms with Gasteiger partial charge in [0, 0.05) is 11.1 Å². The molecule has 0 aromatic heterocycles. The lowest BCUT2D eigenvalue weighted by atomic mass is 9.82. The van der Waals surface area contributed by atoms with Crippen LogP contribution in [0.15, 0.2) is 60.7 Å². The highest BCUT2D eigenvalue weighted by Crippen LogP contribution is 2.37. The Morgan fingerprint density at radius 2 is 0.875 bits per heavy atom. The maximum Gasteiger partial charge on any atom is 0.258 e. The summed E-state index contributed by atoms with van der Waals surface area (Å²) in [5, 5.41) is 4.37. The highest BCUT2D eigenvalue weighted by molar-refractivity contribution is 6.33. The Kier molecular flexibility index (Phi) is 6.46. The average Bonchev–Trinajstić information content (AvgIpc) is 2.94. The minimum atomic E-state index is -1.91. The highest BCUT2D eigenvalue weighted by atomic mass is 19.2. The van der Waals surface area contributed by atoms with Gasteiger partial charge in [0.1, 0.15) is 0 Å². The predicted octanol–water partition coefficient (Wildman–Crippen LogP) is 5.80. The third kappa shape index (κ3) is 4.19. The van der Waals surface area contributed by atoms with Gasteiger partial charge in [0.15, 0.2) is 46.5 Å². The van der Waals surface area contributed by atoms with Crippen LogP contribution in [0.3, 0.4) is 0 Å². The Labute approximate surface area is 220 Å². The second-order valence-corrected chi connectivity index (χ2v) is 8.47. The fourth-order valence-electron chi connectivity index (χ4n) is 4.21. The highest BCUT2D eigenvalue weighted by Gasteiger charge is 2.35. The van der Waals surface area contributed by atoms with Crippen LogP contribution >= 0.6 is 0 Å². The van der Waals surface area contributed by atoms with Crippen molar-refractivity contribution in [1.82, 2.24) is 0 Å². The Balaban J connectivity index is 1.61. The average molecular weight is 554 g/mol. The van der Waals surface area contributed by atoms with Crippen LogP contribution in [0, 0.1) is 34.9 Å². The van der Waals surface area contributed by atoms with Gasteiger partial charge in [-0.2, -0.15) is 0 Å². The van der Waals surface area contributed by atoms with Crippen LogP contribution < -0.4 is 10.6 Å². The van der Waals surface area contributed by atoms with Gasteiger partial charge in [0.2, 0.25) is 0 Å². The van der Waals surface area contributed by atoms with Crippen LogP contribution in [-0.2, 0) is 0 Å². The van der Waals surface area contributed by atoms with Crippen molar-refractivity contribution in [1.29, 1.82) is 0 Å². The molecule has 1 aliphatic carbocycles. The zero-order chi connectivity index (χ0) is 28.9. The van der Waals surface area contributed by atoms with Gasteiger partial charge in [-0.3, -0.25) is 19.2 Å². The first kappa shape index (κ1) is 26.4. The molecule has 0 unspecified atom stereocenters. The SMILES string of the molecule is O=C(Nc1ccc(NC(=O)c2ccc(F)c(F)c2F)c2c1C(=O)c1ccccc1C2=O)c1ccc(F)c(F)c1F. The van der Waals surface area contributed by atoms with E-state index >= 15 is 0 Å². The van der Waals surface area contributed by atoms with Gasteiger partial charge < -0.3 is 10.6 Å². The van der Waals surface area contributed by atoms with Crippen LogP contribution in [0.4, 0.5) is 37.7 Å². The molecular weight excluding hydrogens is 542 g/mol. The molecule has 0 saturated carbocycles. The number of rotatable bonds is 4. The molecule has 4 aromatic carbocycles. The van der Waals surface area contributed by atoms with Crippen LogP contribution in [0.5, 0.6) is 0 Å². The molecule has 12 heteroatoms. The molecule has 0 atom stereocenters. The van der Waals surface area contributed by atoms with E-state index in [-0.39, 0.29) is 22.5 Å². The summed E-state index contributed by atoms with van der Waals surface area (Å²) in [7, 11) is 0. The molecule has 2 N–H and O–H groups in total. The van der Waals surface area contributed by atoms with Crippen molar-refractivity contribution in [3.63, 3.8) is 0 Å². The molecule has 40 heavy (non-hydrogen) atoms. The van der Waals surface area contributed by atoms with Crippen molar-refractivity contribution < 1.29 is 45.5 Å². The van der Waals surface area contributed by atoms with E-state index in [2.05, 4.69) is 10.6 Å². The second-order valence-electron chi connectivity index (χ2n) is 8.47. The third-order valence-corrected chi connectivity index (χ3v) is 6.13. The summed E-state index contributed by atoms with van der Waals surface area (Å²) in [6.07, 6.45) is 0. The van der Waals surface area contributed by atoms with Crippen molar-refractivity contribution >= 4 is 34.8 Å². The molecule has 0 radical (unpaired) electrons. The number of carbonyl (C=O) groups excluding carboxylic acids is 4. The zero-order valence-electron chi connectivity index (χ0n) is 19.7. The van der Waals surface area contributed by atoms with E-state index in [0.29, 0.717) is 24.3 Å². The molecule has 0 saturated heterocycles. The molecule has 5 rings (SSSR count). The summed E-state index contributed by atoms with van der Waals surface area (Å²) in [5.74, 6) is -14.7. The Morgan fingerprint density at radius 1 is 0.500 bits per heavy atom. The van der Waals surface area contributed by atoms with E-state index in [1.807, 2.05) is 0 Å². The summed E-state index contributed by atoms with van der Waals surface area (Å²) in [4.78, 5) is 52.4. The fraction of sp³-hybridized carbons (Fsp3) is 0. The number of hydrogen-bond acceptors (Lipinski definition) is 4.